The Bertz CT molecular complexity index is 924. The molecule has 0 aromatic heterocycles. The van der Waals surface area contributed by atoms with E-state index in [4.69, 9.17) is 10.5 Å². The molecule has 2 rings (SSSR count). The van der Waals surface area contributed by atoms with Gasteiger partial charge < -0.3 is 10.6 Å². The van der Waals surface area contributed by atoms with Crippen LogP contribution in [-0.4, -0.2) is 23.7 Å². The second kappa shape index (κ2) is 9.05. The number of nitrogens with zero attached hydrogens (tertiary/aromatic N) is 2. The predicted octanol–water partition coefficient (Wildman–Crippen LogP) is 3.67. The zero-order valence-electron chi connectivity index (χ0n) is 15.3. The van der Waals surface area contributed by atoms with E-state index in [2.05, 4.69) is 0 Å². The van der Waals surface area contributed by atoms with E-state index in [9.17, 15) is 27.2 Å². The highest BCUT2D eigenvalue weighted by molar-refractivity contribution is 6.05. The zero-order valence-corrected chi connectivity index (χ0v) is 15.3. The fraction of sp³-hybridized carbons (Fsp3) is 0.200. The third kappa shape index (κ3) is 4.92. The molecule has 6 nitrogen and oxygen atoms in total. The quantitative estimate of drug-likeness (QED) is 0.669. The number of carbonyl (C=O) groups is 2. The molecule has 2 aromatic rings. The first kappa shape index (κ1) is 22.4. The summed E-state index contributed by atoms with van der Waals surface area (Å²) in [6.45, 7) is 0. The van der Waals surface area contributed by atoms with Crippen LogP contribution in [-0.2, 0) is 22.4 Å². The van der Waals surface area contributed by atoms with Crippen molar-refractivity contribution in [1.82, 2.24) is 0 Å². The summed E-state index contributed by atoms with van der Waals surface area (Å²) in [5, 5.41) is 20.4. The smallest absolute Gasteiger partial charge is 0.321 e. The van der Waals surface area contributed by atoms with Crippen molar-refractivity contribution in [2.24, 2.45) is 0 Å². The highest BCUT2D eigenvalue weighted by Crippen LogP contribution is 2.36. The maximum absolute atomic E-state index is 14.1. The molecule has 2 amide bonds. The number of hydrogen-bond acceptors (Lipinski definition) is 4. The van der Waals surface area contributed by atoms with Crippen molar-refractivity contribution in [2.45, 2.75) is 24.7 Å². The van der Waals surface area contributed by atoms with Gasteiger partial charge in [0.05, 0.1) is 25.0 Å². The van der Waals surface area contributed by atoms with Gasteiger partial charge in [-0.1, -0.05) is 24.3 Å². The summed E-state index contributed by atoms with van der Waals surface area (Å²) >= 11 is 0. The van der Waals surface area contributed by atoms with Gasteiger partial charge in [-0.05, 0) is 35.4 Å². The van der Waals surface area contributed by atoms with Crippen molar-refractivity contribution in [3.8, 4) is 12.1 Å². The third-order valence-corrected chi connectivity index (χ3v) is 3.95. The van der Waals surface area contributed by atoms with Crippen molar-refractivity contribution >= 4 is 23.2 Å². The average molecular weight is 418 g/mol. The molecule has 0 radical (unpaired) electrons. The molecule has 0 aliphatic carbocycles. The van der Waals surface area contributed by atoms with Gasteiger partial charge in [0.2, 0.25) is 0 Å². The number of rotatable bonds is 7. The van der Waals surface area contributed by atoms with Crippen LogP contribution in [0.5, 0.6) is 0 Å². The van der Waals surface area contributed by atoms with Crippen LogP contribution < -0.4 is 10.6 Å². The molecule has 0 atom stereocenters. The molecule has 0 saturated heterocycles. The monoisotopic (exact) mass is 418 g/mol. The van der Waals surface area contributed by atoms with E-state index < -0.39 is 23.7 Å². The number of benzene rings is 2. The van der Waals surface area contributed by atoms with Crippen LogP contribution in [0.4, 0.5) is 28.9 Å². The van der Waals surface area contributed by atoms with Crippen molar-refractivity contribution in [3.63, 3.8) is 0 Å². The Labute approximate surface area is 168 Å². The molecule has 0 saturated carbocycles. The lowest BCUT2D eigenvalue weighted by Crippen LogP contribution is -2.56. The Hall–Kier alpha value is -3.92. The first-order valence-corrected chi connectivity index (χ1v) is 8.42. The third-order valence-electron chi connectivity index (χ3n) is 3.95. The SMILES string of the molecule is N#CCc1ccc(NC(=O)C(F)(F)C(F)(F)C(=O)Nc2ccc(CC#N)cc2)cc1. The Kier molecular flexibility index (Phi) is 6.75. The fourth-order valence-electron chi connectivity index (χ4n) is 2.30. The minimum absolute atomic E-state index is 0.0418. The van der Waals surface area contributed by atoms with Crippen LogP contribution in [0.3, 0.4) is 0 Å². The van der Waals surface area contributed by atoms with Crippen LogP contribution in [0.2, 0.25) is 0 Å². The van der Waals surface area contributed by atoms with E-state index >= 15 is 0 Å². The average Bonchev–Trinajstić information content (AvgIpc) is 2.71. The van der Waals surface area contributed by atoms with E-state index in [1.807, 2.05) is 12.1 Å². The number of alkyl halides is 4. The van der Waals surface area contributed by atoms with E-state index in [-0.39, 0.29) is 24.2 Å². The molecule has 0 aliphatic heterocycles. The van der Waals surface area contributed by atoms with Crippen LogP contribution in [0, 0.1) is 22.7 Å². The number of hydrogen-bond donors (Lipinski definition) is 2. The Morgan fingerprint density at radius 3 is 1.27 bits per heavy atom. The van der Waals surface area contributed by atoms with E-state index in [1.165, 1.54) is 48.5 Å². The molecule has 10 heteroatoms. The second-order valence-electron chi connectivity index (χ2n) is 6.12. The summed E-state index contributed by atoms with van der Waals surface area (Å²) in [7, 11) is 0. The lowest BCUT2D eigenvalue weighted by Gasteiger charge is -2.24. The van der Waals surface area contributed by atoms with Gasteiger partial charge in [-0.15, -0.1) is 0 Å². The molecular weight excluding hydrogens is 404 g/mol. The highest BCUT2D eigenvalue weighted by Gasteiger charge is 2.67. The normalized spacial score (nSPS) is 11.1. The summed E-state index contributed by atoms with van der Waals surface area (Å²) in [5.41, 5.74) is 0.664. The second-order valence-corrected chi connectivity index (χ2v) is 6.12. The molecule has 0 spiro atoms. The first-order chi connectivity index (χ1) is 14.1. The Morgan fingerprint density at radius 1 is 0.700 bits per heavy atom. The van der Waals surface area contributed by atoms with Crippen LogP contribution in [0.1, 0.15) is 11.1 Å². The minimum Gasteiger partial charge on any atom is -0.321 e. The topological polar surface area (TPSA) is 106 Å². The van der Waals surface area contributed by atoms with Crippen molar-refractivity contribution in [3.05, 3.63) is 59.7 Å². The fourth-order valence-corrected chi connectivity index (χ4v) is 2.30. The number of nitriles is 2. The van der Waals surface area contributed by atoms with Gasteiger partial charge in [0.25, 0.3) is 0 Å². The standard InChI is InChI=1S/C20H14F4N4O2/c21-19(22,17(29)27-15-5-1-13(2-6-15)9-11-25)20(23,24)18(30)28-16-7-3-14(4-8-16)10-12-26/h1-8H,9-10H2,(H,27,29)(H,28,30). The molecule has 0 heterocycles. The summed E-state index contributed by atoms with van der Waals surface area (Å²) in [4.78, 5) is 23.5. The number of amides is 2. The molecule has 0 fully saturated rings. The van der Waals surface area contributed by atoms with Gasteiger partial charge in [0.15, 0.2) is 0 Å². The van der Waals surface area contributed by atoms with Gasteiger partial charge in [0, 0.05) is 11.4 Å². The minimum atomic E-state index is -5.34. The summed E-state index contributed by atoms with van der Waals surface area (Å²) < 4.78 is 56.4. The largest absolute Gasteiger partial charge is 0.396 e. The molecular formula is C20H14F4N4O2. The number of anilines is 2. The maximum atomic E-state index is 14.1. The predicted molar refractivity (Wildman–Crippen MR) is 98.7 cm³/mol. The summed E-state index contributed by atoms with van der Waals surface area (Å²) in [5.74, 6) is -15.4. The van der Waals surface area contributed by atoms with Gasteiger partial charge in [0.1, 0.15) is 0 Å². The van der Waals surface area contributed by atoms with Crippen molar-refractivity contribution < 1.29 is 27.2 Å². The molecule has 2 N–H and O–H groups in total. The summed E-state index contributed by atoms with van der Waals surface area (Å²) in [6, 6.07) is 13.8. The lowest BCUT2D eigenvalue weighted by molar-refractivity contribution is -0.204. The van der Waals surface area contributed by atoms with Crippen LogP contribution >= 0.6 is 0 Å². The Balaban J connectivity index is 2.11. The maximum Gasteiger partial charge on any atom is 0.396 e. The van der Waals surface area contributed by atoms with Gasteiger partial charge >= 0.3 is 23.7 Å². The summed E-state index contributed by atoms with van der Waals surface area (Å²) in [6.07, 6.45) is 0.0836. The van der Waals surface area contributed by atoms with Gasteiger partial charge in [-0.3, -0.25) is 9.59 Å². The van der Waals surface area contributed by atoms with Crippen LogP contribution in [0.25, 0.3) is 0 Å². The number of nitrogens with one attached hydrogen (secondary N) is 2. The van der Waals surface area contributed by atoms with Gasteiger partial charge in [-0.2, -0.15) is 28.1 Å². The lowest BCUT2D eigenvalue weighted by atomic mass is 10.1. The molecule has 0 unspecified atom stereocenters. The van der Waals surface area contributed by atoms with Crippen LogP contribution in [0.15, 0.2) is 48.5 Å². The zero-order chi connectivity index (χ0) is 22.4. The number of carbonyl (C=O) groups excluding carboxylic acids is 2. The molecule has 30 heavy (non-hydrogen) atoms. The molecule has 0 bridgehead atoms. The number of halogens is 4. The first-order valence-electron chi connectivity index (χ1n) is 8.42. The van der Waals surface area contributed by atoms with E-state index in [1.54, 1.807) is 10.6 Å². The van der Waals surface area contributed by atoms with Gasteiger partial charge in [-0.25, -0.2) is 0 Å². The highest BCUT2D eigenvalue weighted by atomic mass is 19.3. The van der Waals surface area contributed by atoms with E-state index in [0.29, 0.717) is 11.1 Å². The van der Waals surface area contributed by atoms with E-state index in [0.717, 1.165) is 0 Å². The Morgan fingerprint density at radius 2 is 1.00 bits per heavy atom. The molecule has 0 aliphatic rings. The molecule has 2 aromatic carbocycles. The van der Waals surface area contributed by atoms with Crippen molar-refractivity contribution in [1.29, 1.82) is 10.5 Å². The van der Waals surface area contributed by atoms with Crippen molar-refractivity contribution in [2.75, 3.05) is 10.6 Å². The molecule has 154 valence electrons.